The van der Waals surface area contributed by atoms with Crippen LogP contribution in [-0.4, -0.2) is 61.3 Å². The van der Waals surface area contributed by atoms with Crippen LogP contribution in [0.4, 0.5) is 0 Å². The molecule has 2 rings (SSSR count). The predicted octanol–water partition coefficient (Wildman–Crippen LogP) is 0.230. The Morgan fingerprint density at radius 3 is 2.43 bits per heavy atom. The Morgan fingerprint density at radius 1 is 1.14 bits per heavy atom. The van der Waals surface area contributed by atoms with Gasteiger partial charge in [-0.05, 0) is 25.7 Å². The fraction of sp³-hybridized carbons (Fsp3) is 0.800. The molecular weight excluding hydrogens is 270 g/mol. The van der Waals surface area contributed by atoms with Crippen LogP contribution in [0.1, 0.15) is 32.1 Å². The maximum Gasteiger partial charge on any atom is 0.226 e. The zero-order valence-corrected chi connectivity index (χ0v) is 12.9. The van der Waals surface area contributed by atoms with Crippen LogP contribution in [-0.2, 0) is 14.4 Å². The summed E-state index contributed by atoms with van der Waals surface area (Å²) in [6, 6.07) is 0. The van der Waals surface area contributed by atoms with Gasteiger partial charge < -0.3 is 15.1 Å². The van der Waals surface area contributed by atoms with Crippen molar-refractivity contribution in [2.75, 3.05) is 33.7 Å². The zero-order valence-electron chi connectivity index (χ0n) is 12.9. The van der Waals surface area contributed by atoms with E-state index in [2.05, 4.69) is 5.32 Å². The molecule has 0 bridgehead atoms. The van der Waals surface area contributed by atoms with Crippen molar-refractivity contribution < 1.29 is 14.4 Å². The molecule has 0 spiro atoms. The van der Waals surface area contributed by atoms with Crippen molar-refractivity contribution in [3.63, 3.8) is 0 Å². The van der Waals surface area contributed by atoms with E-state index in [4.69, 9.17) is 0 Å². The van der Waals surface area contributed by atoms with Gasteiger partial charge in [0.05, 0.1) is 11.8 Å². The normalized spacial score (nSPS) is 24.4. The van der Waals surface area contributed by atoms with E-state index in [1.54, 1.807) is 19.0 Å². The predicted molar refractivity (Wildman–Crippen MR) is 78.3 cm³/mol. The number of nitrogens with zero attached hydrogens (tertiary/aromatic N) is 2. The largest absolute Gasteiger partial charge is 0.359 e. The summed E-state index contributed by atoms with van der Waals surface area (Å²) >= 11 is 0. The summed E-state index contributed by atoms with van der Waals surface area (Å²) in [4.78, 5) is 39.2. The van der Waals surface area contributed by atoms with Crippen LogP contribution in [0.25, 0.3) is 0 Å². The molecule has 1 heterocycles. The van der Waals surface area contributed by atoms with Crippen LogP contribution >= 0.6 is 0 Å². The second-order valence-electron chi connectivity index (χ2n) is 6.02. The van der Waals surface area contributed by atoms with Crippen LogP contribution in [0.5, 0.6) is 0 Å². The molecule has 1 saturated heterocycles. The summed E-state index contributed by atoms with van der Waals surface area (Å²) in [5.41, 5.74) is 0. The van der Waals surface area contributed by atoms with Crippen LogP contribution in [0.3, 0.4) is 0 Å². The first-order valence-electron chi connectivity index (χ1n) is 7.79. The molecule has 0 radical (unpaired) electrons. The molecular formula is C15H25N3O3. The minimum absolute atomic E-state index is 0.00531. The lowest BCUT2D eigenvalue weighted by Gasteiger charge is -2.27. The number of nitrogens with one attached hydrogen (secondary N) is 1. The summed E-state index contributed by atoms with van der Waals surface area (Å²) < 4.78 is 0. The van der Waals surface area contributed by atoms with Gasteiger partial charge in [0.15, 0.2) is 0 Å². The quantitative estimate of drug-likeness (QED) is 0.789. The van der Waals surface area contributed by atoms with E-state index in [9.17, 15) is 14.4 Å². The number of carbonyl (C=O) groups excluding carboxylic acids is 3. The molecule has 0 aromatic rings. The lowest BCUT2D eigenvalue weighted by Crippen LogP contribution is -2.38. The number of likely N-dealkylation sites (tertiary alicyclic amines) is 1. The van der Waals surface area contributed by atoms with Gasteiger partial charge in [-0.1, -0.05) is 0 Å². The second-order valence-corrected chi connectivity index (χ2v) is 6.02. The molecule has 6 heteroatoms. The first-order valence-corrected chi connectivity index (χ1v) is 7.79. The summed E-state index contributed by atoms with van der Waals surface area (Å²) in [5, 5.41) is 2.54. The fourth-order valence-corrected chi connectivity index (χ4v) is 2.88. The maximum atomic E-state index is 12.3. The first-order chi connectivity index (χ1) is 10.0. The molecule has 3 amide bonds. The van der Waals surface area contributed by atoms with Crippen LogP contribution in [0.2, 0.25) is 0 Å². The Kier molecular flexibility index (Phi) is 5.20. The molecule has 6 nitrogen and oxygen atoms in total. The molecule has 2 atom stereocenters. The standard InChI is InChI=1S/C15H25N3O3/c1-16-13(19)6-9-17(2)14(20)11-10-12(11)15(21)18-7-4-3-5-8-18/h11-12H,3-10H2,1-2H3,(H,16,19). The van der Waals surface area contributed by atoms with Crippen molar-refractivity contribution in [1.82, 2.24) is 15.1 Å². The highest BCUT2D eigenvalue weighted by Crippen LogP contribution is 2.41. The number of hydrogen-bond donors (Lipinski definition) is 1. The van der Waals surface area contributed by atoms with Gasteiger partial charge in [-0.15, -0.1) is 0 Å². The van der Waals surface area contributed by atoms with Crippen molar-refractivity contribution in [2.45, 2.75) is 32.1 Å². The molecule has 2 aliphatic rings. The van der Waals surface area contributed by atoms with Crippen LogP contribution in [0, 0.1) is 11.8 Å². The average Bonchev–Trinajstić information content (AvgIpc) is 3.32. The molecule has 21 heavy (non-hydrogen) atoms. The van der Waals surface area contributed by atoms with Gasteiger partial charge in [0.2, 0.25) is 17.7 Å². The van der Waals surface area contributed by atoms with E-state index in [0.717, 1.165) is 25.9 Å². The molecule has 118 valence electrons. The van der Waals surface area contributed by atoms with Gasteiger partial charge in [-0.2, -0.15) is 0 Å². The number of carbonyl (C=O) groups is 3. The van der Waals surface area contributed by atoms with Gasteiger partial charge in [0, 0.05) is 40.2 Å². The van der Waals surface area contributed by atoms with Gasteiger partial charge in [-0.25, -0.2) is 0 Å². The van der Waals surface area contributed by atoms with E-state index in [-0.39, 0.29) is 29.6 Å². The smallest absolute Gasteiger partial charge is 0.226 e. The van der Waals surface area contributed by atoms with Crippen molar-refractivity contribution in [1.29, 1.82) is 0 Å². The Bertz CT molecular complexity index is 418. The van der Waals surface area contributed by atoms with Gasteiger partial charge in [0.25, 0.3) is 0 Å². The van der Waals surface area contributed by atoms with Gasteiger partial charge in [0.1, 0.15) is 0 Å². The summed E-state index contributed by atoms with van der Waals surface area (Å²) in [6.07, 6.45) is 4.31. The molecule has 1 aliphatic heterocycles. The van der Waals surface area contributed by atoms with E-state index in [0.29, 0.717) is 19.4 Å². The topological polar surface area (TPSA) is 69.7 Å². The zero-order chi connectivity index (χ0) is 15.4. The lowest BCUT2D eigenvalue weighted by atomic mass is 10.1. The summed E-state index contributed by atoms with van der Waals surface area (Å²) in [7, 11) is 3.28. The average molecular weight is 295 g/mol. The Balaban J connectivity index is 1.77. The van der Waals surface area contributed by atoms with Crippen molar-refractivity contribution in [3.8, 4) is 0 Å². The number of amides is 3. The second kappa shape index (κ2) is 6.91. The van der Waals surface area contributed by atoms with Crippen LogP contribution < -0.4 is 5.32 Å². The molecule has 0 aromatic carbocycles. The maximum absolute atomic E-state index is 12.3. The Hall–Kier alpha value is -1.59. The molecule has 0 aromatic heterocycles. The molecule has 1 N–H and O–H groups in total. The van der Waals surface area contributed by atoms with Crippen molar-refractivity contribution in [2.24, 2.45) is 11.8 Å². The molecule has 1 aliphatic carbocycles. The molecule has 2 unspecified atom stereocenters. The summed E-state index contributed by atoms with van der Waals surface area (Å²) in [5.74, 6) is -0.236. The number of piperidine rings is 1. The highest BCUT2D eigenvalue weighted by Gasteiger charge is 2.50. The first kappa shape index (κ1) is 15.8. The number of rotatable bonds is 5. The van der Waals surface area contributed by atoms with E-state index < -0.39 is 0 Å². The number of hydrogen-bond acceptors (Lipinski definition) is 3. The Morgan fingerprint density at radius 2 is 1.81 bits per heavy atom. The van der Waals surface area contributed by atoms with E-state index >= 15 is 0 Å². The monoisotopic (exact) mass is 295 g/mol. The minimum atomic E-state index is -0.172. The highest BCUT2D eigenvalue weighted by atomic mass is 16.2. The van der Waals surface area contributed by atoms with Crippen LogP contribution in [0.15, 0.2) is 0 Å². The Labute approximate surface area is 125 Å². The molecule has 2 fully saturated rings. The third kappa shape index (κ3) is 3.95. The SMILES string of the molecule is CNC(=O)CCN(C)C(=O)C1CC1C(=O)N1CCCCC1. The van der Waals surface area contributed by atoms with Crippen molar-refractivity contribution in [3.05, 3.63) is 0 Å². The molecule has 1 saturated carbocycles. The minimum Gasteiger partial charge on any atom is -0.359 e. The third-order valence-electron chi connectivity index (χ3n) is 4.42. The van der Waals surface area contributed by atoms with Gasteiger partial charge >= 0.3 is 0 Å². The van der Waals surface area contributed by atoms with E-state index in [1.807, 2.05) is 4.90 Å². The lowest BCUT2D eigenvalue weighted by molar-refractivity contribution is -0.138. The third-order valence-corrected chi connectivity index (χ3v) is 4.42. The van der Waals surface area contributed by atoms with Gasteiger partial charge in [-0.3, -0.25) is 14.4 Å². The highest BCUT2D eigenvalue weighted by molar-refractivity contribution is 5.92. The van der Waals surface area contributed by atoms with Crippen molar-refractivity contribution >= 4 is 17.7 Å². The summed E-state index contributed by atoms with van der Waals surface area (Å²) in [6.45, 7) is 2.07. The van der Waals surface area contributed by atoms with E-state index in [1.165, 1.54) is 6.42 Å². The fourth-order valence-electron chi connectivity index (χ4n) is 2.88.